The van der Waals surface area contributed by atoms with Crippen molar-refractivity contribution in [1.29, 1.82) is 0 Å². The predicted molar refractivity (Wildman–Crippen MR) is 25.3 cm³/mol. The third-order valence-electron chi connectivity index (χ3n) is 0.439. The molecule has 0 radical (unpaired) electrons. The van der Waals surface area contributed by atoms with Crippen molar-refractivity contribution < 1.29 is 14.7 Å². The van der Waals surface area contributed by atoms with Gasteiger partial charge in [0.25, 0.3) is 0 Å². The number of hydrogen-bond acceptors (Lipinski definition) is 4. The van der Waals surface area contributed by atoms with Crippen LogP contribution in [-0.4, -0.2) is 25.1 Å². The van der Waals surface area contributed by atoms with E-state index in [-0.39, 0.29) is 6.73 Å². The van der Waals surface area contributed by atoms with Crippen molar-refractivity contribution in [2.45, 2.75) is 0 Å². The summed E-state index contributed by atoms with van der Waals surface area (Å²) in [6.45, 7) is 0.0897. The third-order valence-corrected chi connectivity index (χ3v) is 0.439. The smallest absolute Gasteiger partial charge is 0.432 e. The van der Waals surface area contributed by atoms with Gasteiger partial charge in [0.15, 0.2) is 0 Å². The van der Waals surface area contributed by atoms with Gasteiger partial charge in [-0.15, -0.1) is 0 Å². The molecule has 0 atom stereocenters. The fourth-order valence-corrected chi connectivity index (χ4v) is 0.170. The van der Waals surface area contributed by atoms with E-state index in [2.05, 4.69) is 10.1 Å². The molecule has 1 amide bonds. The van der Waals surface area contributed by atoms with Crippen molar-refractivity contribution in [3.05, 3.63) is 0 Å². The molecule has 0 heterocycles. The van der Waals surface area contributed by atoms with E-state index in [1.807, 2.05) is 0 Å². The van der Waals surface area contributed by atoms with Crippen LogP contribution in [0.25, 0.3) is 0 Å². The molecule has 5 nitrogen and oxygen atoms in total. The second-order valence-electron chi connectivity index (χ2n) is 1.04. The first-order valence-electron chi connectivity index (χ1n) is 2.02. The minimum Gasteiger partial charge on any atom is -0.432 e. The van der Waals surface area contributed by atoms with E-state index in [0.29, 0.717) is 0 Å². The number of ether oxygens (including phenoxy) is 1. The number of hydrogen-bond donors (Lipinski definition) is 3. The molecule has 0 aromatic carbocycles. The molecule has 0 saturated heterocycles. The van der Waals surface area contributed by atoms with Gasteiger partial charge in [0, 0.05) is 0 Å². The fourth-order valence-electron chi connectivity index (χ4n) is 0.170. The molecular formula is C3H8N2O3. The van der Waals surface area contributed by atoms with Gasteiger partial charge in [-0.3, -0.25) is 10.5 Å². The van der Waals surface area contributed by atoms with Crippen LogP contribution in [0, 0.1) is 0 Å². The van der Waals surface area contributed by atoms with Gasteiger partial charge in [-0.25, -0.2) is 10.3 Å². The molecule has 0 rings (SSSR count). The summed E-state index contributed by atoms with van der Waals surface area (Å²) in [5.41, 5.74) is 1.30. The maximum absolute atomic E-state index is 9.95. The molecule has 0 spiro atoms. The molecular weight excluding hydrogens is 112 g/mol. The zero-order valence-corrected chi connectivity index (χ0v) is 4.47. The van der Waals surface area contributed by atoms with Gasteiger partial charge >= 0.3 is 6.09 Å². The molecule has 0 fully saturated rings. The van der Waals surface area contributed by atoms with E-state index in [0.717, 1.165) is 0 Å². The van der Waals surface area contributed by atoms with Gasteiger partial charge in [0.1, 0.15) is 6.73 Å². The van der Waals surface area contributed by atoms with Gasteiger partial charge in [-0.2, -0.15) is 0 Å². The first-order chi connectivity index (χ1) is 3.81. The van der Waals surface area contributed by atoms with Crippen molar-refractivity contribution in [2.24, 2.45) is 0 Å². The Morgan fingerprint density at radius 1 is 1.88 bits per heavy atom. The quantitative estimate of drug-likeness (QED) is 0.255. The monoisotopic (exact) mass is 120 g/mol. The number of carbonyl (C=O) groups excluding carboxylic acids is 1. The summed E-state index contributed by atoms with van der Waals surface area (Å²) in [6, 6.07) is 0. The predicted octanol–water partition coefficient (Wildman–Crippen LogP) is -0.721. The lowest BCUT2D eigenvalue weighted by molar-refractivity contribution is 0.0852. The van der Waals surface area contributed by atoms with E-state index in [1.165, 1.54) is 5.48 Å². The number of nitrogens with one attached hydrogen (secondary N) is 2. The van der Waals surface area contributed by atoms with Gasteiger partial charge < -0.3 is 4.74 Å². The highest BCUT2D eigenvalue weighted by Crippen LogP contribution is 1.68. The third kappa shape index (κ3) is 3.38. The van der Waals surface area contributed by atoms with Gasteiger partial charge in [-0.05, 0) is 7.05 Å². The molecule has 5 heteroatoms. The minimum atomic E-state index is -0.862. The normalized spacial score (nSPS) is 8.25. The number of hydroxylamine groups is 1. The molecule has 0 aliphatic heterocycles. The Hall–Kier alpha value is -0.810. The zero-order chi connectivity index (χ0) is 6.41. The van der Waals surface area contributed by atoms with Crippen LogP contribution in [0.1, 0.15) is 0 Å². The zero-order valence-electron chi connectivity index (χ0n) is 4.47. The highest BCUT2D eigenvalue weighted by Gasteiger charge is 1.93. The van der Waals surface area contributed by atoms with Crippen molar-refractivity contribution in [3.63, 3.8) is 0 Å². The summed E-state index contributed by atoms with van der Waals surface area (Å²) in [6.07, 6.45) is -0.862. The second kappa shape index (κ2) is 4.35. The molecule has 0 aromatic heterocycles. The summed E-state index contributed by atoms with van der Waals surface area (Å²) in [7, 11) is 1.62. The van der Waals surface area contributed by atoms with Crippen molar-refractivity contribution in [2.75, 3.05) is 13.8 Å². The molecule has 0 bridgehead atoms. The number of carbonyl (C=O) groups is 1. The Morgan fingerprint density at radius 2 is 2.50 bits per heavy atom. The van der Waals surface area contributed by atoms with Gasteiger partial charge in [0.2, 0.25) is 0 Å². The Morgan fingerprint density at radius 3 is 2.88 bits per heavy atom. The maximum atomic E-state index is 9.95. The topological polar surface area (TPSA) is 70.6 Å². The van der Waals surface area contributed by atoms with E-state index in [1.54, 1.807) is 7.05 Å². The average molecular weight is 120 g/mol. The van der Waals surface area contributed by atoms with Crippen LogP contribution in [0.15, 0.2) is 0 Å². The highest BCUT2D eigenvalue weighted by molar-refractivity contribution is 5.65. The van der Waals surface area contributed by atoms with Gasteiger partial charge in [-0.1, -0.05) is 0 Å². The van der Waals surface area contributed by atoms with Crippen molar-refractivity contribution in [1.82, 2.24) is 10.8 Å². The highest BCUT2D eigenvalue weighted by atomic mass is 16.6. The standard InChI is InChI=1S/C3H8N2O3/c1-4-2-8-3(6)5-7/h4,7H,2H2,1H3,(H,5,6). The molecule has 48 valence electrons. The Kier molecular flexibility index (Phi) is 3.91. The second-order valence-corrected chi connectivity index (χ2v) is 1.04. The molecule has 0 aromatic rings. The summed E-state index contributed by atoms with van der Waals surface area (Å²) in [4.78, 5) is 9.95. The largest absolute Gasteiger partial charge is 0.432 e. The van der Waals surface area contributed by atoms with Crippen LogP contribution in [0.4, 0.5) is 4.79 Å². The Bertz CT molecular complexity index is 74.9. The van der Waals surface area contributed by atoms with Crippen LogP contribution in [-0.2, 0) is 4.74 Å². The lowest BCUT2D eigenvalue weighted by Gasteiger charge is -1.98. The first kappa shape index (κ1) is 7.19. The summed E-state index contributed by atoms with van der Waals surface area (Å²) in [5, 5.41) is 10.3. The molecule has 3 N–H and O–H groups in total. The fraction of sp³-hybridized carbons (Fsp3) is 0.667. The lowest BCUT2D eigenvalue weighted by atomic mass is 11.1. The summed E-state index contributed by atoms with van der Waals surface area (Å²) in [5.74, 6) is 0. The van der Waals surface area contributed by atoms with E-state index < -0.39 is 6.09 Å². The molecule has 0 saturated carbocycles. The lowest BCUT2D eigenvalue weighted by Crippen LogP contribution is -2.24. The summed E-state index contributed by atoms with van der Waals surface area (Å²) < 4.78 is 4.23. The Balaban J connectivity index is 2.99. The number of amides is 1. The van der Waals surface area contributed by atoms with E-state index >= 15 is 0 Å². The van der Waals surface area contributed by atoms with Crippen LogP contribution in [0.2, 0.25) is 0 Å². The average Bonchev–Trinajstić information content (AvgIpc) is 1.83. The molecule has 8 heavy (non-hydrogen) atoms. The van der Waals surface area contributed by atoms with Crippen LogP contribution < -0.4 is 10.8 Å². The number of rotatable bonds is 2. The van der Waals surface area contributed by atoms with Gasteiger partial charge in [0.05, 0.1) is 0 Å². The minimum absolute atomic E-state index is 0.0897. The van der Waals surface area contributed by atoms with Crippen molar-refractivity contribution >= 4 is 6.09 Å². The SMILES string of the molecule is CNCOC(=O)NO. The molecule has 0 unspecified atom stereocenters. The first-order valence-corrected chi connectivity index (χ1v) is 2.02. The Labute approximate surface area is 46.6 Å². The van der Waals surface area contributed by atoms with Crippen LogP contribution in [0.3, 0.4) is 0 Å². The van der Waals surface area contributed by atoms with E-state index in [9.17, 15) is 4.79 Å². The molecule has 0 aliphatic rings. The van der Waals surface area contributed by atoms with Crippen LogP contribution in [0.5, 0.6) is 0 Å². The van der Waals surface area contributed by atoms with Crippen LogP contribution >= 0.6 is 0 Å². The van der Waals surface area contributed by atoms with E-state index in [4.69, 9.17) is 5.21 Å². The van der Waals surface area contributed by atoms with Crippen molar-refractivity contribution in [3.8, 4) is 0 Å². The molecule has 0 aliphatic carbocycles. The maximum Gasteiger partial charge on any atom is 0.432 e. The summed E-state index contributed by atoms with van der Waals surface area (Å²) >= 11 is 0.